The quantitative estimate of drug-likeness (QED) is 0.732. The van der Waals surface area contributed by atoms with Crippen LogP contribution in [0.15, 0.2) is 59.5 Å². The molecule has 0 N–H and O–H groups in total. The number of hydrogen-bond donors (Lipinski definition) is 0. The minimum atomic E-state index is -1.20. The third kappa shape index (κ3) is 3.00. The summed E-state index contributed by atoms with van der Waals surface area (Å²) >= 11 is 0. The van der Waals surface area contributed by atoms with Crippen LogP contribution in [0.3, 0.4) is 0 Å². The van der Waals surface area contributed by atoms with Gasteiger partial charge in [-0.1, -0.05) is 18.2 Å². The molecule has 0 bridgehead atoms. The van der Waals surface area contributed by atoms with Crippen LogP contribution in [0.4, 0.5) is 4.39 Å². The molecule has 0 amide bonds. The van der Waals surface area contributed by atoms with Crippen molar-refractivity contribution < 1.29 is 8.60 Å². The van der Waals surface area contributed by atoms with Crippen molar-refractivity contribution in [2.24, 2.45) is 0 Å². The fourth-order valence-electron chi connectivity index (χ4n) is 2.33. The minimum Gasteiger partial charge on any atom is -0.254 e. The second-order valence-electron chi connectivity index (χ2n) is 4.88. The van der Waals surface area contributed by atoms with Gasteiger partial charge in [0.15, 0.2) is 0 Å². The van der Waals surface area contributed by atoms with Crippen molar-refractivity contribution in [1.82, 2.24) is 4.98 Å². The van der Waals surface area contributed by atoms with Crippen molar-refractivity contribution >= 4 is 21.7 Å². The number of aromatic nitrogens is 1. The third-order valence-corrected chi connectivity index (χ3v) is 4.66. The second-order valence-corrected chi connectivity index (χ2v) is 6.33. The third-order valence-electron chi connectivity index (χ3n) is 3.29. The summed E-state index contributed by atoms with van der Waals surface area (Å²) in [6.07, 6.45) is 0. The Balaban J connectivity index is 1.98. The molecule has 2 nitrogen and oxygen atoms in total. The van der Waals surface area contributed by atoms with E-state index in [1.165, 1.54) is 12.1 Å². The number of benzene rings is 2. The first-order valence-corrected chi connectivity index (χ1v) is 7.94. The Kier molecular flexibility index (Phi) is 3.80. The maximum absolute atomic E-state index is 12.9. The maximum Gasteiger partial charge on any atom is 0.123 e. The SMILES string of the molecule is Cc1cc(CS(=O)c2ccc(F)cc2)c2ccccc2n1. The molecule has 3 aromatic rings. The lowest BCUT2D eigenvalue weighted by Crippen LogP contribution is -1.99. The van der Waals surface area contributed by atoms with Crippen LogP contribution >= 0.6 is 0 Å². The summed E-state index contributed by atoms with van der Waals surface area (Å²) in [5.41, 5.74) is 2.81. The minimum absolute atomic E-state index is 0.319. The van der Waals surface area contributed by atoms with E-state index >= 15 is 0 Å². The molecule has 0 saturated heterocycles. The molecule has 21 heavy (non-hydrogen) atoms. The highest BCUT2D eigenvalue weighted by Crippen LogP contribution is 2.21. The lowest BCUT2D eigenvalue weighted by Gasteiger charge is -2.08. The molecule has 0 saturated carbocycles. The van der Waals surface area contributed by atoms with Gasteiger partial charge in [0.1, 0.15) is 5.82 Å². The van der Waals surface area contributed by atoms with E-state index in [2.05, 4.69) is 4.98 Å². The smallest absolute Gasteiger partial charge is 0.123 e. The fraction of sp³-hybridized carbons (Fsp3) is 0.118. The van der Waals surface area contributed by atoms with Crippen LogP contribution in [-0.4, -0.2) is 9.19 Å². The summed E-state index contributed by atoms with van der Waals surface area (Å²) in [6, 6.07) is 15.6. The van der Waals surface area contributed by atoms with Crippen molar-refractivity contribution in [3.8, 4) is 0 Å². The molecule has 0 radical (unpaired) electrons. The summed E-state index contributed by atoms with van der Waals surface area (Å²) < 4.78 is 25.4. The highest BCUT2D eigenvalue weighted by molar-refractivity contribution is 7.84. The number of halogens is 1. The summed E-state index contributed by atoms with van der Waals surface area (Å²) in [7, 11) is -1.20. The molecule has 1 aromatic heterocycles. The van der Waals surface area contributed by atoms with E-state index in [0.717, 1.165) is 22.2 Å². The fourth-order valence-corrected chi connectivity index (χ4v) is 3.45. The summed E-state index contributed by atoms with van der Waals surface area (Å²) in [4.78, 5) is 5.11. The number of aryl methyl sites for hydroxylation is 1. The highest BCUT2D eigenvalue weighted by atomic mass is 32.2. The molecular weight excluding hydrogens is 285 g/mol. The van der Waals surface area contributed by atoms with Crippen LogP contribution in [0.2, 0.25) is 0 Å². The average Bonchev–Trinajstić information content (AvgIpc) is 2.47. The van der Waals surface area contributed by atoms with Gasteiger partial charge in [-0.25, -0.2) is 4.39 Å². The van der Waals surface area contributed by atoms with Crippen LogP contribution < -0.4 is 0 Å². The van der Waals surface area contributed by atoms with E-state index in [1.54, 1.807) is 12.1 Å². The number of fused-ring (bicyclic) bond motifs is 1. The molecule has 0 spiro atoms. The lowest BCUT2D eigenvalue weighted by atomic mass is 10.1. The molecule has 0 fully saturated rings. The first-order chi connectivity index (χ1) is 10.1. The van der Waals surface area contributed by atoms with Gasteiger partial charge in [-0.2, -0.15) is 0 Å². The Labute approximate surface area is 125 Å². The molecule has 1 unspecified atom stereocenters. The van der Waals surface area contributed by atoms with Crippen molar-refractivity contribution in [3.63, 3.8) is 0 Å². The van der Waals surface area contributed by atoms with Crippen LogP contribution in [-0.2, 0) is 16.6 Å². The lowest BCUT2D eigenvalue weighted by molar-refractivity contribution is 0.626. The predicted molar refractivity (Wildman–Crippen MR) is 83.0 cm³/mol. The van der Waals surface area contributed by atoms with Gasteiger partial charge in [-0.15, -0.1) is 0 Å². The number of nitrogens with zero attached hydrogens (tertiary/aromatic N) is 1. The van der Waals surface area contributed by atoms with Gasteiger partial charge in [0, 0.05) is 16.0 Å². The number of rotatable bonds is 3. The molecule has 3 rings (SSSR count). The van der Waals surface area contributed by atoms with E-state index in [1.807, 2.05) is 37.3 Å². The standard InChI is InChI=1S/C17H14FNOS/c1-12-10-13(16-4-2-3-5-17(16)19-12)11-21(20)15-8-6-14(18)7-9-15/h2-10H,11H2,1H3. The molecular formula is C17H14FNOS. The normalized spacial score (nSPS) is 12.5. The van der Waals surface area contributed by atoms with Crippen LogP contribution in [0.1, 0.15) is 11.3 Å². The Bertz CT molecular complexity index is 815. The topological polar surface area (TPSA) is 30.0 Å². The maximum atomic E-state index is 12.9. The zero-order valence-electron chi connectivity index (χ0n) is 11.5. The molecule has 1 heterocycles. The second kappa shape index (κ2) is 5.74. The van der Waals surface area contributed by atoms with Crippen molar-refractivity contribution in [1.29, 1.82) is 0 Å². The first kappa shape index (κ1) is 13.9. The average molecular weight is 299 g/mol. The highest BCUT2D eigenvalue weighted by Gasteiger charge is 2.09. The van der Waals surface area contributed by atoms with E-state index in [4.69, 9.17) is 0 Å². The van der Waals surface area contributed by atoms with E-state index in [9.17, 15) is 8.60 Å². The summed E-state index contributed by atoms with van der Waals surface area (Å²) in [5, 5.41) is 1.01. The van der Waals surface area contributed by atoms with Crippen LogP contribution in [0.25, 0.3) is 10.9 Å². The molecule has 2 aromatic carbocycles. The van der Waals surface area contributed by atoms with Gasteiger partial charge < -0.3 is 0 Å². The van der Waals surface area contributed by atoms with Gasteiger partial charge in [-0.3, -0.25) is 9.19 Å². The molecule has 1 atom stereocenters. The van der Waals surface area contributed by atoms with Gasteiger partial charge in [0.05, 0.1) is 22.1 Å². The van der Waals surface area contributed by atoms with E-state index < -0.39 is 10.8 Å². The zero-order valence-corrected chi connectivity index (χ0v) is 12.4. The molecule has 0 aliphatic carbocycles. The van der Waals surface area contributed by atoms with Crippen LogP contribution in [0.5, 0.6) is 0 Å². The van der Waals surface area contributed by atoms with Gasteiger partial charge in [0.2, 0.25) is 0 Å². The number of hydrogen-bond acceptors (Lipinski definition) is 2. The number of para-hydroxylation sites is 1. The van der Waals surface area contributed by atoms with Gasteiger partial charge in [0.25, 0.3) is 0 Å². The van der Waals surface area contributed by atoms with Crippen molar-refractivity contribution in [2.45, 2.75) is 17.6 Å². The van der Waals surface area contributed by atoms with Gasteiger partial charge >= 0.3 is 0 Å². The Morgan fingerprint density at radius 2 is 1.81 bits per heavy atom. The Morgan fingerprint density at radius 3 is 2.57 bits per heavy atom. The predicted octanol–water partition coefficient (Wildman–Crippen LogP) is 3.99. The molecule has 4 heteroatoms. The summed E-state index contributed by atoms with van der Waals surface area (Å²) in [6.45, 7) is 1.93. The first-order valence-electron chi connectivity index (χ1n) is 6.63. The molecule has 106 valence electrons. The summed E-state index contributed by atoms with van der Waals surface area (Å²) in [5.74, 6) is 0.0798. The van der Waals surface area contributed by atoms with E-state index in [0.29, 0.717) is 10.6 Å². The monoisotopic (exact) mass is 299 g/mol. The van der Waals surface area contributed by atoms with Crippen molar-refractivity contribution in [2.75, 3.05) is 0 Å². The molecule has 0 aliphatic rings. The van der Waals surface area contributed by atoms with Gasteiger partial charge in [-0.05, 0) is 48.9 Å². The van der Waals surface area contributed by atoms with E-state index in [-0.39, 0.29) is 5.82 Å². The van der Waals surface area contributed by atoms with Crippen molar-refractivity contribution in [3.05, 3.63) is 71.7 Å². The Hall–Kier alpha value is -2.07. The molecule has 0 aliphatic heterocycles. The Morgan fingerprint density at radius 1 is 1.10 bits per heavy atom. The zero-order chi connectivity index (χ0) is 14.8. The largest absolute Gasteiger partial charge is 0.254 e. The number of pyridine rings is 1. The van der Waals surface area contributed by atoms with Crippen LogP contribution in [0, 0.1) is 12.7 Å².